The Labute approximate surface area is 107 Å². The molecule has 0 saturated heterocycles. The Morgan fingerprint density at radius 3 is 2.38 bits per heavy atom. The first kappa shape index (κ1) is 13.5. The fourth-order valence-electron chi connectivity index (χ4n) is 1.97. The molecule has 1 atom stereocenters. The van der Waals surface area contributed by atoms with Gasteiger partial charge in [-0.25, -0.2) is 0 Å². The molecule has 16 heavy (non-hydrogen) atoms. The number of halogens is 1. The van der Waals surface area contributed by atoms with Gasteiger partial charge in [0.25, 0.3) is 0 Å². The van der Waals surface area contributed by atoms with Crippen LogP contribution in [0.2, 0.25) is 0 Å². The van der Waals surface area contributed by atoms with Crippen molar-refractivity contribution in [3.05, 3.63) is 28.2 Å². The van der Waals surface area contributed by atoms with Crippen LogP contribution in [-0.4, -0.2) is 12.6 Å². The van der Waals surface area contributed by atoms with Gasteiger partial charge in [0.1, 0.15) is 0 Å². The fraction of sp³-hybridized carbons (Fsp3) is 0.538. The molecule has 90 valence electrons. The number of hydrogen-bond acceptors (Lipinski definition) is 2. The lowest BCUT2D eigenvalue weighted by atomic mass is 10.0. The molecule has 0 aliphatic rings. The Morgan fingerprint density at radius 1 is 1.31 bits per heavy atom. The molecule has 0 radical (unpaired) electrons. The summed E-state index contributed by atoms with van der Waals surface area (Å²) >= 11 is 3.50. The number of anilines is 1. The lowest BCUT2D eigenvalue weighted by Crippen LogP contribution is -2.31. The molecule has 0 amide bonds. The van der Waals surface area contributed by atoms with E-state index in [2.05, 4.69) is 59.8 Å². The second kappa shape index (κ2) is 5.69. The van der Waals surface area contributed by atoms with Gasteiger partial charge >= 0.3 is 0 Å². The van der Waals surface area contributed by atoms with Gasteiger partial charge in [0, 0.05) is 28.8 Å². The number of nitrogens with two attached hydrogens (primary N) is 1. The summed E-state index contributed by atoms with van der Waals surface area (Å²) in [5, 5.41) is 0. The van der Waals surface area contributed by atoms with E-state index in [4.69, 9.17) is 5.73 Å². The summed E-state index contributed by atoms with van der Waals surface area (Å²) in [6.45, 7) is 9.61. The van der Waals surface area contributed by atoms with Crippen molar-refractivity contribution >= 4 is 21.6 Å². The van der Waals surface area contributed by atoms with Gasteiger partial charge in [0.2, 0.25) is 0 Å². The first-order valence-corrected chi connectivity index (χ1v) is 6.58. The van der Waals surface area contributed by atoms with E-state index in [-0.39, 0.29) is 6.04 Å². The van der Waals surface area contributed by atoms with Crippen LogP contribution in [0.1, 0.15) is 39.3 Å². The van der Waals surface area contributed by atoms with Gasteiger partial charge in [-0.1, -0.05) is 15.9 Å². The minimum absolute atomic E-state index is 0.0558. The van der Waals surface area contributed by atoms with Crippen LogP contribution >= 0.6 is 15.9 Å². The molecule has 1 aromatic rings. The molecular formula is C13H21BrN2. The van der Waals surface area contributed by atoms with Crippen molar-refractivity contribution in [2.45, 2.75) is 39.8 Å². The highest BCUT2D eigenvalue weighted by Crippen LogP contribution is 2.29. The minimum Gasteiger partial charge on any atom is -0.369 e. The quantitative estimate of drug-likeness (QED) is 0.914. The highest BCUT2D eigenvalue weighted by atomic mass is 79.9. The molecule has 0 aliphatic heterocycles. The second-order valence-corrected chi connectivity index (χ2v) is 5.29. The van der Waals surface area contributed by atoms with Crippen molar-refractivity contribution in [2.75, 3.05) is 11.4 Å². The summed E-state index contributed by atoms with van der Waals surface area (Å²) in [5.41, 5.74) is 8.47. The van der Waals surface area contributed by atoms with E-state index in [1.54, 1.807) is 0 Å². The molecule has 0 aliphatic carbocycles. The average molecular weight is 285 g/mol. The molecule has 0 fully saturated rings. The van der Waals surface area contributed by atoms with Crippen molar-refractivity contribution < 1.29 is 0 Å². The van der Waals surface area contributed by atoms with Crippen LogP contribution in [0, 0.1) is 0 Å². The van der Waals surface area contributed by atoms with Gasteiger partial charge in [0.05, 0.1) is 0 Å². The maximum Gasteiger partial charge on any atom is 0.0417 e. The topological polar surface area (TPSA) is 29.3 Å². The van der Waals surface area contributed by atoms with Crippen LogP contribution < -0.4 is 10.6 Å². The highest BCUT2D eigenvalue weighted by Gasteiger charge is 2.15. The Kier molecular flexibility index (Phi) is 4.81. The first-order valence-electron chi connectivity index (χ1n) is 5.79. The van der Waals surface area contributed by atoms with Gasteiger partial charge in [0.15, 0.2) is 0 Å². The minimum atomic E-state index is 0.0558. The molecule has 1 rings (SSSR count). The molecule has 1 unspecified atom stereocenters. The third-order valence-electron chi connectivity index (χ3n) is 2.75. The molecule has 3 heteroatoms. The monoisotopic (exact) mass is 284 g/mol. The summed E-state index contributed by atoms with van der Waals surface area (Å²) in [6.07, 6.45) is 0. The van der Waals surface area contributed by atoms with E-state index in [0.29, 0.717) is 6.04 Å². The third kappa shape index (κ3) is 2.98. The van der Waals surface area contributed by atoms with E-state index < -0.39 is 0 Å². The summed E-state index contributed by atoms with van der Waals surface area (Å²) in [7, 11) is 0. The van der Waals surface area contributed by atoms with Crippen molar-refractivity contribution in [3.63, 3.8) is 0 Å². The maximum absolute atomic E-state index is 6.03. The molecular weight excluding hydrogens is 264 g/mol. The van der Waals surface area contributed by atoms with Crippen LogP contribution in [-0.2, 0) is 0 Å². The SMILES string of the molecule is CCN(c1ccc(Br)cc1C(C)N)C(C)C. The first-order chi connectivity index (χ1) is 7.47. The Bertz CT molecular complexity index is 348. The lowest BCUT2D eigenvalue weighted by molar-refractivity contribution is 0.691. The lowest BCUT2D eigenvalue weighted by Gasteiger charge is -2.30. The molecule has 2 nitrogen and oxygen atoms in total. The zero-order valence-electron chi connectivity index (χ0n) is 10.5. The van der Waals surface area contributed by atoms with Crippen LogP contribution in [0.15, 0.2) is 22.7 Å². The largest absolute Gasteiger partial charge is 0.369 e. The number of rotatable bonds is 4. The molecule has 0 saturated carbocycles. The van der Waals surface area contributed by atoms with Gasteiger partial charge in [-0.05, 0) is 51.5 Å². The second-order valence-electron chi connectivity index (χ2n) is 4.37. The standard InChI is InChI=1S/C13H21BrN2/c1-5-16(9(2)3)13-7-6-11(14)8-12(13)10(4)15/h6-10H,5,15H2,1-4H3. The molecule has 2 N–H and O–H groups in total. The van der Waals surface area contributed by atoms with E-state index in [1.807, 2.05) is 6.92 Å². The third-order valence-corrected chi connectivity index (χ3v) is 3.25. The maximum atomic E-state index is 6.03. The predicted octanol–water partition coefficient (Wildman–Crippen LogP) is 3.70. The van der Waals surface area contributed by atoms with Crippen molar-refractivity contribution in [1.29, 1.82) is 0 Å². The highest BCUT2D eigenvalue weighted by molar-refractivity contribution is 9.10. The molecule has 0 heterocycles. The molecule has 0 spiro atoms. The van der Waals surface area contributed by atoms with E-state index in [0.717, 1.165) is 11.0 Å². The number of nitrogens with zero attached hydrogens (tertiary/aromatic N) is 1. The predicted molar refractivity (Wildman–Crippen MR) is 74.9 cm³/mol. The van der Waals surface area contributed by atoms with Crippen LogP contribution in [0.4, 0.5) is 5.69 Å². The van der Waals surface area contributed by atoms with E-state index in [1.165, 1.54) is 11.3 Å². The zero-order valence-corrected chi connectivity index (χ0v) is 12.1. The normalized spacial score (nSPS) is 12.9. The number of benzene rings is 1. The summed E-state index contributed by atoms with van der Waals surface area (Å²) in [4.78, 5) is 2.37. The zero-order chi connectivity index (χ0) is 12.3. The Hall–Kier alpha value is -0.540. The van der Waals surface area contributed by atoms with Gasteiger partial charge in [-0.2, -0.15) is 0 Å². The van der Waals surface area contributed by atoms with Crippen molar-refractivity contribution in [2.24, 2.45) is 5.73 Å². The summed E-state index contributed by atoms with van der Waals surface area (Å²) < 4.78 is 1.09. The van der Waals surface area contributed by atoms with Crippen LogP contribution in [0.3, 0.4) is 0 Å². The summed E-state index contributed by atoms with van der Waals surface area (Å²) in [6, 6.07) is 6.88. The smallest absolute Gasteiger partial charge is 0.0417 e. The van der Waals surface area contributed by atoms with Gasteiger partial charge in [-0.3, -0.25) is 0 Å². The number of hydrogen-bond donors (Lipinski definition) is 1. The van der Waals surface area contributed by atoms with Gasteiger partial charge in [-0.15, -0.1) is 0 Å². The van der Waals surface area contributed by atoms with E-state index in [9.17, 15) is 0 Å². The van der Waals surface area contributed by atoms with Gasteiger partial charge < -0.3 is 10.6 Å². The van der Waals surface area contributed by atoms with Crippen molar-refractivity contribution in [3.8, 4) is 0 Å². The molecule has 1 aromatic carbocycles. The molecule has 0 bridgehead atoms. The molecule has 0 aromatic heterocycles. The fourth-order valence-corrected chi connectivity index (χ4v) is 2.34. The van der Waals surface area contributed by atoms with E-state index >= 15 is 0 Å². The Balaban J connectivity index is 3.20. The van der Waals surface area contributed by atoms with Crippen LogP contribution in [0.25, 0.3) is 0 Å². The Morgan fingerprint density at radius 2 is 1.94 bits per heavy atom. The van der Waals surface area contributed by atoms with Crippen molar-refractivity contribution in [1.82, 2.24) is 0 Å². The summed E-state index contributed by atoms with van der Waals surface area (Å²) in [5.74, 6) is 0. The van der Waals surface area contributed by atoms with Crippen LogP contribution in [0.5, 0.6) is 0 Å². The average Bonchev–Trinajstić information content (AvgIpc) is 2.20.